The highest BCUT2D eigenvalue weighted by atomic mass is 32.1. The van der Waals surface area contributed by atoms with Crippen LogP contribution in [0.2, 0.25) is 0 Å². The van der Waals surface area contributed by atoms with Crippen LogP contribution in [0.5, 0.6) is 0 Å². The van der Waals surface area contributed by atoms with Crippen molar-refractivity contribution in [2.75, 3.05) is 26.7 Å². The van der Waals surface area contributed by atoms with Gasteiger partial charge in [-0.2, -0.15) is 11.3 Å². The number of ether oxygens (including phenoxy) is 1. The Balaban J connectivity index is 1.53. The molecule has 0 aromatic carbocycles. The molecule has 0 saturated carbocycles. The maximum atomic E-state index is 13.2. The SMILES string of the molecule is COC(=O)CCCN1C[C@@H]2C[C@H](C1)[C@H](C(=O)NCc1ccsc1)n1c2cccc1=O. The summed E-state index contributed by atoms with van der Waals surface area (Å²) in [5, 5.41) is 7.04. The first kappa shape index (κ1) is 20.8. The van der Waals surface area contributed by atoms with Crippen LogP contribution in [0, 0.1) is 5.92 Å². The third-order valence-corrected chi connectivity index (χ3v) is 6.85. The second-order valence-electron chi connectivity index (χ2n) is 8.09. The lowest BCUT2D eigenvalue weighted by Crippen LogP contribution is -2.53. The lowest BCUT2D eigenvalue weighted by atomic mass is 9.78. The first-order valence-corrected chi connectivity index (χ1v) is 11.3. The van der Waals surface area contributed by atoms with Crippen LogP contribution >= 0.6 is 11.3 Å². The Bertz CT molecular complexity index is 956. The molecule has 1 amide bonds. The summed E-state index contributed by atoms with van der Waals surface area (Å²) in [5.74, 6) is -0.0148. The maximum Gasteiger partial charge on any atom is 0.305 e. The van der Waals surface area contributed by atoms with E-state index in [0.717, 1.165) is 43.7 Å². The number of methoxy groups -OCH3 is 1. The van der Waals surface area contributed by atoms with E-state index in [0.29, 0.717) is 13.0 Å². The summed E-state index contributed by atoms with van der Waals surface area (Å²) < 4.78 is 6.45. The third kappa shape index (κ3) is 4.34. The Kier molecular flexibility index (Phi) is 6.34. The van der Waals surface area contributed by atoms with E-state index in [-0.39, 0.29) is 29.3 Å². The number of carbonyl (C=O) groups excluding carboxylic acids is 2. The molecule has 0 radical (unpaired) electrons. The van der Waals surface area contributed by atoms with E-state index < -0.39 is 6.04 Å². The molecule has 30 heavy (non-hydrogen) atoms. The molecule has 0 unspecified atom stereocenters. The number of carbonyl (C=O) groups is 2. The molecular formula is C22H27N3O4S. The fourth-order valence-corrected chi connectivity index (χ4v) is 5.45. The molecule has 1 saturated heterocycles. The second-order valence-corrected chi connectivity index (χ2v) is 8.87. The predicted molar refractivity (Wildman–Crippen MR) is 114 cm³/mol. The fraction of sp³-hybridized carbons (Fsp3) is 0.500. The number of esters is 1. The highest BCUT2D eigenvalue weighted by molar-refractivity contribution is 7.07. The number of hydrogen-bond donors (Lipinski definition) is 1. The molecule has 2 aliphatic heterocycles. The molecular weight excluding hydrogens is 402 g/mol. The maximum absolute atomic E-state index is 13.2. The molecule has 2 aliphatic rings. The number of aromatic nitrogens is 1. The van der Waals surface area contributed by atoms with Gasteiger partial charge in [0, 0.05) is 49.7 Å². The number of piperidine rings is 1. The van der Waals surface area contributed by atoms with Gasteiger partial charge in [-0.15, -0.1) is 0 Å². The number of nitrogens with one attached hydrogen (secondary N) is 1. The van der Waals surface area contributed by atoms with E-state index in [2.05, 4.69) is 10.2 Å². The first-order valence-electron chi connectivity index (χ1n) is 10.4. The van der Waals surface area contributed by atoms with Crippen LogP contribution in [0.25, 0.3) is 0 Å². The topological polar surface area (TPSA) is 80.6 Å². The van der Waals surface area contributed by atoms with E-state index in [1.807, 2.05) is 22.9 Å². The summed E-state index contributed by atoms with van der Waals surface area (Å²) in [6.07, 6.45) is 2.01. The van der Waals surface area contributed by atoms with Crippen molar-refractivity contribution in [3.63, 3.8) is 0 Å². The molecule has 0 spiro atoms. The molecule has 8 heteroatoms. The van der Waals surface area contributed by atoms with Gasteiger partial charge in [0.25, 0.3) is 5.56 Å². The smallest absolute Gasteiger partial charge is 0.305 e. The number of nitrogens with zero attached hydrogens (tertiary/aromatic N) is 2. The zero-order chi connectivity index (χ0) is 21.1. The number of amides is 1. The summed E-state index contributed by atoms with van der Waals surface area (Å²) >= 11 is 1.60. The molecule has 1 fully saturated rings. The molecule has 3 atom stereocenters. The van der Waals surface area contributed by atoms with Crippen LogP contribution in [0.4, 0.5) is 0 Å². The summed E-state index contributed by atoms with van der Waals surface area (Å²) in [6, 6.07) is 6.78. The average Bonchev–Trinajstić information content (AvgIpc) is 3.26. The van der Waals surface area contributed by atoms with Gasteiger partial charge in [0.1, 0.15) is 6.04 Å². The van der Waals surface area contributed by atoms with Crippen LogP contribution in [-0.2, 0) is 20.9 Å². The normalized spacial score (nSPS) is 22.9. The van der Waals surface area contributed by atoms with Crippen molar-refractivity contribution in [1.82, 2.24) is 14.8 Å². The zero-order valence-corrected chi connectivity index (χ0v) is 17.9. The van der Waals surface area contributed by atoms with E-state index in [1.165, 1.54) is 13.2 Å². The number of rotatable bonds is 7. The number of likely N-dealkylation sites (tertiary alicyclic amines) is 1. The van der Waals surface area contributed by atoms with Crippen molar-refractivity contribution < 1.29 is 14.3 Å². The monoisotopic (exact) mass is 429 g/mol. The standard InChI is InChI=1S/C22H27N3O4S/c1-29-20(27)6-3-8-24-12-16-10-17(13-24)21(25-18(16)4-2-5-19(25)26)22(28)23-11-15-7-9-30-14-15/h2,4-5,7,9,14,16-17,21H,3,6,8,10-13H2,1H3,(H,23,28)/t16-,17+,21+/m0/s1. The van der Waals surface area contributed by atoms with Gasteiger partial charge in [-0.1, -0.05) is 6.07 Å². The number of thiophene rings is 1. The van der Waals surface area contributed by atoms with Gasteiger partial charge in [0.05, 0.1) is 7.11 Å². The van der Waals surface area contributed by atoms with Crippen LogP contribution in [0.15, 0.2) is 39.8 Å². The van der Waals surface area contributed by atoms with E-state index in [9.17, 15) is 14.4 Å². The average molecular weight is 430 g/mol. The predicted octanol–water partition coefficient (Wildman–Crippen LogP) is 2.14. The molecule has 1 N–H and O–H groups in total. The first-order chi connectivity index (χ1) is 14.6. The van der Waals surface area contributed by atoms with Gasteiger partial charge in [0.2, 0.25) is 5.91 Å². The minimum atomic E-state index is -0.507. The molecule has 4 heterocycles. The largest absolute Gasteiger partial charge is 0.469 e. The minimum Gasteiger partial charge on any atom is -0.469 e. The molecule has 0 aliphatic carbocycles. The van der Waals surface area contributed by atoms with Gasteiger partial charge in [-0.25, -0.2) is 0 Å². The molecule has 2 aromatic rings. The number of fused-ring (bicyclic) bond motifs is 4. The Morgan fingerprint density at radius 1 is 1.27 bits per heavy atom. The van der Waals surface area contributed by atoms with Crippen molar-refractivity contribution in [2.24, 2.45) is 5.92 Å². The lowest BCUT2D eigenvalue weighted by Gasteiger charge is -2.46. The minimum absolute atomic E-state index is 0.0666. The summed E-state index contributed by atoms with van der Waals surface area (Å²) in [6.45, 7) is 2.83. The van der Waals surface area contributed by atoms with Crippen LogP contribution in [0.3, 0.4) is 0 Å². The van der Waals surface area contributed by atoms with E-state index in [4.69, 9.17) is 4.74 Å². The van der Waals surface area contributed by atoms with E-state index in [1.54, 1.807) is 22.0 Å². The lowest BCUT2D eigenvalue weighted by molar-refractivity contribution is -0.140. The number of pyridine rings is 1. The summed E-state index contributed by atoms with van der Waals surface area (Å²) in [4.78, 5) is 39.7. The van der Waals surface area contributed by atoms with Gasteiger partial charge in [-0.3, -0.25) is 19.0 Å². The van der Waals surface area contributed by atoms with Crippen molar-refractivity contribution in [3.8, 4) is 0 Å². The Morgan fingerprint density at radius 3 is 2.90 bits per heavy atom. The Hall–Kier alpha value is -2.45. The van der Waals surface area contributed by atoms with Gasteiger partial charge in [-0.05, 0) is 47.8 Å². The Labute approximate surface area is 179 Å². The summed E-state index contributed by atoms with van der Waals surface area (Å²) in [7, 11) is 1.40. The quantitative estimate of drug-likeness (QED) is 0.682. The fourth-order valence-electron chi connectivity index (χ4n) is 4.78. The molecule has 2 aromatic heterocycles. The van der Waals surface area contributed by atoms with Gasteiger partial charge in [0.15, 0.2) is 0 Å². The van der Waals surface area contributed by atoms with Crippen molar-refractivity contribution >= 4 is 23.2 Å². The zero-order valence-electron chi connectivity index (χ0n) is 17.1. The Morgan fingerprint density at radius 2 is 2.13 bits per heavy atom. The van der Waals surface area contributed by atoms with Crippen LogP contribution in [-0.4, -0.2) is 48.1 Å². The highest BCUT2D eigenvalue weighted by Crippen LogP contribution is 2.41. The van der Waals surface area contributed by atoms with Gasteiger partial charge < -0.3 is 15.0 Å². The molecule has 7 nitrogen and oxygen atoms in total. The molecule has 4 rings (SSSR count). The van der Waals surface area contributed by atoms with Crippen LogP contribution < -0.4 is 10.9 Å². The molecule has 160 valence electrons. The van der Waals surface area contributed by atoms with E-state index >= 15 is 0 Å². The highest BCUT2D eigenvalue weighted by Gasteiger charge is 2.43. The van der Waals surface area contributed by atoms with Crippen molar-refractivity contribution in [3.05, 3.63) is 56.6 Å². The van der Waals surface area contributed by atoms with Crippen LogP contribution in [0.1, 0.15) is 42.5 Å². The number of hydrogen-bond acceptors (Lipinski definition) is 6. The third-order valence-electron chi connectivity index (χ3n) is 6.12. The van der Waals surface area contributed by atoms with Crippen molar-refractivity contribution in [1.29, 1.82) is 0 Å². The van der Waals surface area contributed by atoms with Crippen molar-refractivity contribution in [2.45, 2.75) is 37.8 Å². The molecule has 2 bridgehead atoms. The van der Waals surface area contributed by atoms with Gasteiger partial charge >= 0.3 is 5.97 Å². The second kappa shape index (κ2) is 9.14. The summed E-state index contributed by atoms with van der Waals surface area (Å²) in [5.41, 5.74) is 1.89.